The Balaban J connectivity index is 2.03. The zero-order chi connectivity index (χ0) is 11.9. The lowest BCUT2D eigenvalue weighted by molar-refractivity contribution is -0.134. The van der Waals surface area contributed by atoms with Crippen LogP contribution in [0.5, 0.6) is 0 Å². The predicted octanol–water partition coefficient (Wildman–Crippen LogP) is 0.00280. The fourth-order valence-corrected chi connectivity index (χ4v) is 3.23. The van der Waals surface area contributed by atoms with E-state index in [1.54, 1.807) is 4.90 Å². The summed E-state index contributed by atoms with van der Waals surface area (Å²) in [7, 11) is 3.67. The summed E-state index contributed by atoms with van der Waals surface area (Å²) in [6.07, 6.45) is 0. The van der Waals surface area contributed by atoms with E-state index >= 15 is 0 Å². The van der Waals surface area contributed by atoms with Crippen LogP contribution in [0.3, 0.4) is 0 Å². The van der Waals surface area contributed by atoms with Crippen LogP contribution in [0, 0.1) is 11.8 Å². The lowest BCUT2D eigenvalue weighted by Gasteiger charge is -2.31. The van der Waals surface area contributed by atoms with Crippen LogP contribution in [-0.2, 0) is 4.79 Å². The molecule has 0 aromatic heterocycles. The van der Waals surface area contributed by atoms with Crippen molar-refractivity contribution in [3.8, 4) is 0 Å². The lowest BCUT2D eigenvalue weighted by Crippen LogP contribution is -2.47. The van der Waals surface area contributed by atoms with E-state index in [0.717, 1.165) is 31.5 Å². The van der Waals surface area contributed by atoms with Crippen LogP contribution in [0.1, 0.15) is 13.8 Å². The maximum atomic E-state index is 12.0. The molecular weight excluding hydrogens is 202 g/mol. The third kappa shape index (κ3) is 1.84. The minimum atomic E-state index is 0.0237. The van der Waals surface area contributed by atoms with E-state index < -0.39 is 0 Å². The van der Waals surface area contributed by atoms with Gasteiger partial charge in [0.1, 0.15) is 0 Å². The average Bonchev–Trinajstić information content (AvgIpc) is 2.79. The number of carbonyl (C=O) groups excluding carboxylic acids is 1. The Labute approximate surface area is 98.0 Å². The van der Waals surface area contributed by atoms with Crippen LogP contribution in [-0.4, -0.2) is 61.5 Å². The maximum absolute atomic E-state index is 12.0. The molecule has 2 rings (SSSR count). The van der Waals surface area contributed by atoms with Crippen molar-refractivity contribution in [3.05, 3.63) is 0 Å². The zero-order valence-electron chi connectivity index (χ0n) is 10.7. The van der Waals surface area contributed by atoms with E-state index in [9.17, 15) is 4.79 Å². The van der Waals surface area contributed by atoms with Crippen molar-refractivity contribution in [2.24, 2.45) is 11.8 Å². The first-order chi connectivity index (χ1) is 7.52. The summed E-state index contributed by atoms with van der Waals surface area (Å²) < 4.78 is 0. The molecule has 4 atom stereocenters. The molecule has 16 heavy (non-hydrogen) atoms. The maximum Gasteiger partial charge on any atom is 0.239 e. The van der Waals surface area contributed by atoms with Crippen LogP contribution < -0.4 is 5.32 Å². The van der Waals surface area contributed by atoms with Crippen molar-refractivity contribution < 1.29 is 4.79 Å². The molecule has 0 aliphatic carbocycles. The van der Waals surface area contributed by atoms with Gasteiger partial charge < -0.3 is 10.2 Å². The molecule has 4 nitrogen and oxygen atoms in total. The third-order valence-corrected chi connectivity index (χ3v) is 4.28. The Morgan fingerprint density at radius 2 is 2.12 bits per heavy atom. The molecule has 2 aliphatic rings. The van der Waals surface area contributed by atoms with E-state index in [1.165, 1.54) is 0 Å². The molecule has 2 heterocycles. The van der Waals surface area contributed by atoms with E-state index in [2.05, 4.69) is 17.1 Å². The highest BCUT2D eigenvalue weighted by Crippen LogP contribution is 2.33. The van der Waals surface area contributed by atoms with Gasteiger partial charge in [-0.25, -0.2) is 0 Å². The standard InChI is InChI=1S/C12H23N3O/c1-8-11-6-13-5-10(11)7-15(8)9(2)12(16)14(3)4/h8-11,13H,5-7H2,1-4H3. The SMILES string of the molecule is CC(C(=O)N(C)C)N1CC2CNCC2C1C. The molecule has 2 saturated heterocycles. The molecule has 0 bridgehead atoms. The number of fused-ring (bicyclic) bond motifs is 1. The minimum Gasteiger partial charge on any atom is -0.347 e. The van der Waals surface area contributed by atoms with Gasteiger partial charge in [-0.1, -0.05) is 0 Å². The number of amides is 1. The Kier molecular flexibility index (Phi) is 3.22. The second-order valence-electron chi connectivity index (χ2n) is 5.43. The summed E-state index contributed by atoms with van der Waals surface area (Å²) in [5.41, 5.74) is 0. The predicted molar refractivity (Wildman–Crippen MR) is 64.2 cm³/mol. The second kappa shape index (κ2) is 4.34. The van der Waals surface area contributed by atoms with Crippen molar-refractivity contribution in [2.75, 3.05) is 33.7 Å². The normalized spacial score (nSPS) is 36.1. The summed E-state index contributed by atoms with van der Waals surface area (Å²) in [5.74, 6) is 1.70. The molecular formula is C12H23N3O. The molecule has 1 N–H and O–H groups in total. The fourth-order valence-electron chi connectivity index (χ4n) is 3.23. The number of rotatable bonds is 2. The van der Waals surface area contributed by atoms with E-state index in [4.69, 9.17) is 0 Å². The first kappa shape index (κ1) is 11.9. The van der Waals surface area contributed by atoms with Gasteiger partial charge in [0.2, 0.25) is 5.91 Å². The molecule has 2 aliphatic heterocycles. The van der Waals surface area contributed by atoms with Crippen molar-refractivity contribution in [2.45, 2.75) is 25.9 Å². The van der Waals surface area contributed by atoms with E-state index in [0.29, 0.717) is 6.04 Å². The molecule has 2 fully saturated rings. The number of nitrogens with one attached hydrogen (secondary N) is 1. The highest BCUT2D eigenvalue weighted by atomic mass is 16.2. The van der Waals surface area contributed by atoms with Crippen LogP contribution in [0.2, 0.25) is 0 Å². The molecule has 4 unspecified atom stereocenters. The first-order valence-electron chi connectivity index (χ1n) is 6.20. The average molecular weight is 225 g/mol. The van der Waals surface area contributed by atoms with Gasteiger partial charge in [0.05, 0.1) is 6.04 Å². The zero-order valence-corrected chi connectivity index (χ0v) is 10.7. The highest BCUT2D eigenvalue weighted by Gasteiger charge is 2.44. The van der Waals surface area contributed by atoms with Crippen molar-refractivity contribution >= 4 is 5.91 Å². The number of hydrogen-bond donors (Lipinski definition) is 1. The molecule has 92 valence electrons. The van der Waals surface area contributed by atoms with Gasteiger partial charge >= 0.3 is 0 Å². The molecule has 0 spiro atoms. The molecule has 0 aromatic rings. The lowest BCUT2D eigenvalue weighted by atomic mass is 9.95. The fraction of sp³-hybridized carbons (Fsp3) is 0.917. The van der Waals surface area contributed by atoms with Gasteiger partial charge in [-0.15, -0.1) is 0 Å². The monoisotopic (exact) mass is 225 g/mol. The highest BCUT2D eigenvalue weighted by molar-refractivity contribution is 5.81. The molecule has 4 heteroatoms. The Morgan fingerprint density at radius 3 is 2.69 bits per heavy atom. The van der Waals surface area contributed by atoms with Crippen molar-refractivity contribution in [3.63, 3.8) is 0 Å². The van der Waals surface area contributed by atoms with Gasteiger partial charge in [-0.05, 0) is 38.8 Å². The molecule has 0 radical (unpaired) electrons. The third-order valence-electron chi connectivity index (χ3n) is 4.28. The number of likely N-dealkylation sites (N-methyl/N-ethyl adjacent to an activating group) is 1. The van der Waals surface area contributed by atoms with Gasteiger partial charge in [0.15, 0.2) is 0 Å². The summed E-state index contributed by atoms with van der Waals surface area (Å²) in [6, 6.07) is 0.550. The second-order valence-corrected chi connectivity index (χ2v) is 5.43. The topological polar surface area (TPSA) is 35.6 Å². The van der Waals surface area contributed by atoms with Crippen LogP contribution in [0.25, 0.3) is 0 Å². The van der Waals surface area contributed by atoms with Gasteiger partial charge in [-0.2, -0.15) is 0 Å². The smallest absolute Gasteiger partial charge is 0.239 e. The van der Waals surface area contributed by atoms with E-state index in [1.807, 2.05) is 21.0 Å². The number of hydrogen-bond acceptors (Lipinski definition) is 3. The summed E-state index contributed by atoms with van der Waals surface area (Å²) in [6.45, 7) is 7.60. The van der Waals surface area contributed by atoms with Gasteiger partial charge in [0.25, 0.3) is 0 Å². The number of nitrogens with zero attached hydrogens (tertiary/aromatic N) is 2. The van der Waals surface area contributed by atoms with Gasteiger partial charge in [0, 0.05) is 26.7 Å². The summed E-state index contributed by atoms with van der Waals surface area (Å²) in [4.78, 5) is 16.0. The molecule has 0 aromatic carbocycles. The minimum absolute atomic E-state index is 0.0237. The number of carbonyl (C=O) groups is 1. The Morgan fingerprint density at radius 1 is 1.44 bits per heavy atom. The van der Waals surface area contributed by atoms with Crippen molar-refractivity contribution in [1.29, 1.82) is 0 Å². The summed E-state index contributed by atoms with van der Waals surface area (Å²) >= 11 is 0. The summed E-state index contributed by atoms with van der Waals surface area (Å²) in [5, 5.41) is 3.44. The largest absolute Gasteiger partial charge is 0.347 e. The molecule has 1 amide bonds. The first-order valence-corrected chi connectivity index (χ1v) is 6.20. The van der Waals surface area contributed by atoms with Crippen molar-refractivity contribution in [1.82, 2.24) is 15.1 Å². The quantitative estimate of drug-likeness (QED) is 0.719. The van der Waals surface area contributed by atoms with Crippen LogP contribution in [0.4, 0.5) is 0 Å². The number of likely N-dealkylation sites (tertiary alicyclic amines) is 1. The molecule has 0 saturated carbocycles. The Hall–Kier alpha value is -0.610. The van der Waals surface area contributed by atoms with Crippen LogP contribution in [0.15, 0.2) is 0 Å². The van der Waals surface area contributed by atoms with E-state index in [-0.39, 0.29) is 11.9 Å². The van der Waals surface area contributed by atoms with Gasteiger partial charge in [-0.3, -0.25) is 9.69 Å². The van der Waals surface area contributed by atoms with Crippen LogP contribution >= 0.6 is 0 Å². The Bertz CT molecular complexity index is 279.